The molecule has 2 aliphatic rings. The van der Waals surface area contributed by atoms with Gasteiger partial charge in [0.25, 0.3) is 5.91 Å². The van der Waals surface area contributed by atoms with Crippen LogP contribution in [-0.2, 0) is 4.79 Å². The highest BCUT2D eigenvalue weighted by molar-refractivity contribution is 6.29. The first-order valence-corrected chi connectivity index (χ1v) is 8.20. The van der Waals surface area contributed by atoms with Crippen molar-refractivity contribution >= 4 is 23.4 Å². The standard InChI is InChI=1S/C16H20ClN3O2/c17-14-8-13(5-6-18-14)15(21)19-9-11-2-1-7-20(10-11)16(22)12-3-4-12/h5-6,8,11-12H,1-4,7,9-10H2,(H,19,21)/t11-/m1/s1. The second-order valence-corrected chi connectivity index (χ2v) is 6.53. The first-order chi connectivity index (χ1) is 10.6. The Morgan fingerprint density at radius 2 is 2.18 bits per heavy atom. The second kappa shape index (κ2) is 6.65. The van der Waals surface area contributed by atoms with Crippen molar-refractivity contribution in [3.8, 4) is 0 Å². The maximum absolute atomic E-state index is 12.1. The Bertz CT molecular complexity index is 574. The largest absolute Gasteiger partial charge is 0.352 e. The smallest absolute Gasteiger partial charge is 0.251 e. The van der Waals surface area contributed by atoms with E-state index in [0.29, 0.717) is 29.1 Å². The molecule has 0 radical (unpaired) electrons. The average molecular weight is 322 g/mol. The summed E-state index contributed by atoms with van der Waals surface area (Å²) in [6.45, 7) is 2.21. The summed E-state index contributed by atoms with van der Waals surface area (Å²) in [6, 6.07) is 3.20. The van der Waals surface area contributed by atoms with Crippen LogP contribution < -0.4 is 5.32 Å². The van der Waals surface area contributed by atoms with Crippen molar-refractivity contribution in [1.82, 2.24) is 15.2 Å². The third kappa shape index (κ3) is 3.77. The number of likely N-dealkylation sites (tertiary alicyclic amines) is 1. The second-order valence-electron chi connectivity index (χ2n) is 6.14. The van der Waals surface area contributed by atoms with Crippen LogP contribution in [0.5, 0.6) is 0 Å². The van der Waals surface area contributed by atoms with Gasteiger partial charge in [-0.15, -0.1) is 0 Å². The maximum Gasteiger partial charge on any atom is 0.251 e. The van der Waals surface area contributed by atoms with Crippen LogP contribution in [0, 0.1) is 11.8 Å². The van der Waals surface area contributed by atoms with Crippen LogP contribution in [0.4, 0.5) is 0 Å². The summed E-state index contributed by atoms with van der Waals surface area (Å²) in [5.41, 5.74) is 0.515. The Labute approximate surface area is 135 Å². The average Bonchev–Trinajstić information content (AvgIpc) is 3.37. The molecular formula is C16H20ClN3O2. The Morgan fingerprint density at radius 3 is 2.91 bits per heavy atom. The maximum atomic E-state index is 12.1. The van der Waals surface area contributed by atoms with Gasteiger partial charge in [0, 0.05) is 37.3 Å². The fraction of sp³-hybridized carbons (Fsp3) is 0.562. The first kappa shape index (κ1) is 15.3. The minimum atomic E-state index is -0.144. The molecule has 3 rings (SSSR count). The molecule has 22 heavy (non-hydrogen) atoms. The quantitative estimate of drug-likeness (QED) is 0.864. The lowest BCUT2D eigenvalue weighted by molar-refractivity contribution is -0.134. The van der Waals surface area contributed by atoms with Crippen LogP contribution in [0.3, 0.4) is 0 Å². The summed E-state index contributed by atoms with van der Waals surface area (Å²) in [5.74, 6) is 0.761. The Hall–Kier alpha value is -1.62. The van der Waals surface area contributed by atoms with E-state index in [4.69, 9.17) is 11.6 Å². The number of amides is 2. The summed E-state index contributed by atoms with van der Waals surface area (Å²) >= 11 is 5.79. The monoisotopic (exact) mass is 321 g/mol. The lowest BCUT2D eigenvalue weighted by atomic mass is 9.97. The van der Waals surface area contributed by atoms with Crippen molar-refractivity contribution in [3.05, 3.63) is 29.0 Å². The van der Waals surface area contributed by atoms with E-state index < -0.39 is 0 Å². The van der Waals surface area contributed by atoms with Gasteiger partial charge in [0.2, 0.25) is 5.91 Å². The van der Waals surface area contributed by atoms with E-state index in [-0.39, 0.29) is 11.8 Å². The normalized spacial score (nSPS) is 21.5. The SMILES string of the molecule is O=C(NC[C@H]1CCCN(C(=O)C2CC2)C1)c1ccnc(Cl)c1. The number of hydrogen-bond donors (Lipinski definition) is 1. The van der Waals surface area contributed by atoms with Crippen molar-refractivity contribution in [2.24, 2.45) is 11.8 Å². The Morgan fingerprint density at radius 1 is 1.36 bits per heavy atom. The van der Waals surface area contributed by atoms with Gasteiger partial charge in [-0.25, -0.2) is 4.98 Å². The van der Waals surface area contributed by atoms with Crippen LogP contribution in [0.1, 0.15) is 36.0 Å². The number of carbonyl (C=O) groups is 2. The molecule has 1 aliphatic carbocycles. The van der Waals surface area contributed by atoms with Gasteiger partial charge < -0.3 is 10.2 Å². The van der Waals surface area contributed by atoms with Gasteiger partial charge in [-0.1, -0.05) is 11.6 Å². The van der Waals surface area contributed by atoms with Gasteiger partial charge in [0.15, 0.2) is 0 Å². The van der Waals surface area contributed by atoms with Gasteiger partial charge in [0.05, 0.1) is 0 Å². The van der Waals surface area contributed by atoms with E-state index in [1.165, 1.54) is 6.20 Å². The zero-order valence-corrected chi connectivity index (χ0v) is 13.2. The number of nitrogens with one attached hydrogen (secondary N) is 1. The molecule has 1 aliphatic heterocycles. The van der Waals surface area contributed by atoms with E-state index in [9.17, 15) is 9.59 Å². The molecule has 2 heterocycles. The topological polar surface area (TPSA) is 62.3 Å². The number of piperidine rings is 1. The zero-order chi connectivity index (χ0) is 15.5. The van der Waals surface area contributed by atoms with Crippen molar-refractivity contribution < 1.29 is 9.59 Å². The predicted octanol–water partition coefficient (Wildman–Crippen LogP) is 2.11. The summed E-state index contributed by atoms with van der Waals surface area (Å²) < 4.78 is 0. The fourth-order valence-electron chi connectivity index (χ4n) is 2.90. The lowest BCUT2D eigenvalue weighted by Gasteiger charge is -2.33. The molecule has 1 N–H and O–H groups in total. The molecule has 0 spiro atoms. The third-order valence-electron chi connectivity index (χ3n) is 4.30. The van der Waals surface area contributed by atoms with Crippen LogP contribution in [0.2, 0.25) is 5.15 Å². The number of hydrogen-bond acceptors (Lipinski definition) is 3. The number of carbonyl (C=O) groups excluding carboxylic acids is 2. The van der Waals surface area contributed by atoms with Gasteiger partial charge >= 0.3 is 0 Å². The molecule has 2 fully saturated rings. The molecule has 2 amide bonds. The van der Waals surface area contributed by atoms with Gasteiger partial charge in [-0.2, -0.15) is 0 Å². The van der Waals surface area contributed by atoms with E-state index in [2.05, 4.69) is 10.3 Å². The molecule has 0 aromatic carbocycles. The summed E-state index contributed by atoms with van der Waals surface area (Å²) in [7, 11) is 0. The highest BCUT2D eigenvalue weighted by atomic mass is 35.5. The predicted molar refractivity (Wildman–Crippen MR) is 83.6 cm³/mol. The molecular weight excluding hydrogens is 302 g/mol. The van der Waals surface area contributed by atoms with Crippen LogP contribution >= 0.6 is 11.6 Å². The molecule has 1 saturated carbocycles. The number of rotatable bonds is 4. The molecule has 1 aromatic rings. The van der Waals surface area contributed by atoms with Crippen LogP contribution in [0.25, 0.3) is 0 Å². The molecule has 1 aromatic heterocycles. The highest BCUT2D eigenvalue weighted by Crippen LogP contribution is 2.32. The van der Waals surface area contributed by atoms with Crippen molar-refractivity contribution in [2.75, 3.05) is 19.6 Å². The Kier molecular flexibility index (Phi) is 4.62. The van der Waals surface area contributed by atoms with E-state index in [1.54, 1.807) is 12.1 Å². The van der Waals surface area contributed by atoms with Crippen molar-refractivity contribution in [1.29, 1.82) is 0 Å². The Balaban J connectivity index is 1.50. The van der Waals surface area contributed by atoms with Crippen molar-refractivity contribution in [3.63, 3.8) is 0 Å². The summed E-state index contributed by atoms with van der Waals surface area (Å²) in [6.07, 6.45) is 5.67. The highest BCUT2D eigenvalue weighted by Gasteiger charge is 2.35. The summed E-state index contributed by atoms with van der Waals surface area (Å²) in [4.78, 5) is 30.1. The number of aromatic nitrogens is 1. The summed E-state index contributed by atoms with van der Waals surface area (Å²) in [5, 5.41) is 3.25. The fourth-order valence-corrected chi connectivity index (χ4v) is 3.08. The van der Waals surface area contributed by atoms with E-state index in [0.717, 1.165) is 38.8 Å². The zero-order valence-electron chi connectivity index (χ0n) is 12.4. The van der Waals surface area contributed by atoms with Gasteiger partial charge in [-0.05, 0) is 43.7 Å². The third-order valence-corrected chi connectivity index (χ3v) is 4.50. The number of halogens is 1. The van der Waals surface area contributed by atoms with Gasteiger partial charge in [-0.3, -0.25) is 9.59 Å². The van der Waals surface area contributed by atoms with Gasteiger partial charge in [0.1, 0.15) is 5.15 Å². The molecule has 0 unspecified atom stereocenters. The molecule has 6 heteroatoms. The minimum Gasteiger partial charge on any atom is -0.352 e. The number of nitrogens with zero attached hydrogens (tertiary/aromatic N) is 2. The lowest BCUT2D eigenvalue weighted by Crippen LogP contribution is -2.44. The number of pyridine rings is 1. The molecule has 1 saturated heterocycles. The van der Waals surface area contributed by atoms with Crippen LogP contribution in [-0.4, -0.2) is 41.3 Å². The molecule has 1 atom stereocenters. The van der Waals surface area contributed by atoms with E-state index >= 15 is 0 Å². The van der Waals surface area contributed by atoms with Crippen molar-refractivity contribution in [2.45, 2.75) is 25.7 Å². The minimum absolute atomic E-state index is 0.144. The first-order valence-electron chi connectivity index (χ1n) is 7.82. The molecule has 5 nitrogen and oxygen atoms in total. The molecule has 118 valence electrons. The van der Waals surface area contributed by atoms with E-state index in [1.807, 2.05) is 4.90 Å². The van der Waals surface area contributed by atoms with Crippen LogP contribution in [0.15, 0.2) is 18.3 Å². The molecule has 0 bridgehead atoms.